The Balaban J connectivity index is 2.40. The number of nitrogens with one attached hydrogen (secondary N) is 1. The van der Waals surface area contributed by atoms with Gasteiger partial charge in [-0.15, -0.1) is 0 Å². The first-order chi connectivity index (χ1) is 10.1. The first-order valence-electron chi connectivity index (χ1n) is 6.88. The van der Waals surface area contributed by atoms with Crippen LogP contribution in [0.15, 0.2) is 30.3 Å². The quantitative estimate of drug-likeness (QED) is 0.739. The highest BCUT2D eigenvalue weighted by Crippen LogP contribution is 2.04. The monoisotopic (exact) mass is 294 g/mol. The molecule has 1 atom stereocenters. The van der Waals surface area contributed by atoms with Crippen molar-refractivity contribution in [2.45, 2.75) is 26.0 Å². The summed E-state index contributed by atoms with van der Waals surface area (Å²) in [4.78, 5) is 24.9. The van der Waals surface area contributed by atoms with Gasteiger partial charge < -0.3 is 15.2 Å². The van der Waals surface area contributed by atoms with Gasteiger partial charge in [-0.2, -0.15) is 0 Å². The van der Waals surface area contributed by atoms with E-state index in [0.717, 1.165) is 5.56 Å². The minimum atomic E-state index is -0.632. The van der Waals surface area contributed by atoms with Gasteiger partial charge in [0, 0.05) is 20.2 Å². The van der Waals surface area contributed by atoms with Crippen molar-refractivity contribution in [1.82, 2.24) is 10.2 Å². The van der Waals surface area contributed by atoms with Crippen LogP contribution in [0, 0.1) is 0 Å². The van der Waals surface area contributed by atoms with E-state index in [0.29, 0.717) is 13.0 Å². The number of hydrogen-bond donors (Lipinski definition) is 2. The van der Waals surface area contributed by atoms with Gasteiger partial charge in [-0.25, -0.2) is 4.79 Å². The maximum Gasteiger partial charge on any atom is 0.410 e. The van der Waals surface area contributed by atoms with Gasteiger partial charge in [0.15, 0.2) is 0 Å². The highest BCUT2D eigenvalue weighted by atomic mass is 16.6. The lowest BCUT2D eigenvalue weighted by molar-refractivity contribution is -0.125. The van der Waals surface area contributed by atoms with Crippen molar-refractivity contribution in [1.29, 1.82) is 0 Å². The lowest BCUT2D eigenvalue weighted by atomic mass is 10.2. The second-order valence-electron chi connectivity index (χ2n) is 4.70. The van der Waals surface area contributed by atoms with E-state index in [2.05, 4.69) is 5.32 Å². The molecule has 116 valence electrons. The molecule has 1 aromatic carbocycles. The van der Waals surface area contributed by atoms with Crippen molar-refractivity contribution in [3.63, 3.8) is 0 Å². The number of carbonyl (C=O) groups is 2. The third-order valence-electron chi connectivity index (χ3n) is 3.09. The number of ether oxygens (including phenoxy) is 1. The molecule has 0 spiro atoms. The van der Waals surface area contributed by atoms with Gasteiger partial charge in [-0.3, -0.25) is 9.69 Å². The van der Waals surface area contributed by atoms with Crippen molar-refractivity contribution in [2.24, 2.45) is 0 Å². The number of amides is 2. The van der Waals surface area contributed by atoms with Crippen LogP contribution in [0.25, 0.3) is 0 Å². The number of carbonyl (C=O) groups excluding carboxylic acids is 2. The number of aliphatic hydroxyl groups excluding tert-OH is 1. The topological polar surface area (TPSA) is 78.9 Å². The Morgan fingerprint density at radius 1 is 1.33 bits per heavy atom. The molecule has 6 heteroatoms. The molecule has 0 heterocycles. The number of rotatable bonds is 7. The Morgan fingerprint density at radius 2 is 2.00 bits per heavy atom. The lowest BCUT2D eigenvalue weighted by Gasteiger charge is -2.23. The summed E-state index contributed by atoms with van der Waals surface area (Å²) >= 11 is 0. The number of nitrogens with zero attached hydrogens (tertiary/aromatic N) is 1. The van der Waals surface area contributed by atoms with E-state index in [9.17, 15) is 9.59 Å². The van der Waals surface area contributed by atoms with Crippen LogP contribution in [0.5, 0.6) is 0 Å². The molecule has 2 N–H and O–H groups in total. The summed E-state index contributed by atoms with van der Waals surface area (Å²) in [5.74, 6) is -0.275. The first kappa shape index (κ1) is 17.0. The van der Waals surface area contributed by atoms with Crippen molar-refractivity contribution in [3.8, 4) is 0 Å². The summed E-state index contributed by atoms with van der Waals surface area (Å²) in [6, 6.07) is 8.70. The lowest BCUT2D eigenvalue weighted by Crippen LogP contribution is -2.46. The van der Waals surface area contributed by atoms with E-state index in [1.165, 1.54) is 11.9 Å². The van der Waals surface area contributed by atoms with E-state index in [1.54, 1.807) is 6.92 Å². The van der Waals surface area contributed by atoms with Gasteiger partial charge in [-0.1, -0.05) is 30.3 Å². The summed E-state index contributed by atoms with van der Waals surface area (Å²) in [6.45, 7) is 2.19. The first-order valence-corrected chi connectivity index (χ1v) is 6.88. The minimum absolute atomic E-state index is 0.0175. The van der Waals surface area contributed by atoms with Gasteiger partial charge in [0.05, 0.1) is 0 Å². The summed E-state index contributed by atoms with van der Waals surface area (Å²) in [5, 5.41) is 11.3. The molecule has 0 radical (unpaired) electrons. The molecule has 0 aliphatic heterocycles. The number of benzene rings is 1. The van der Waals surface area contributed by atoms with Gasteiger partial charge in [0.25, 0.3) is 0 Å². The molecule has 0 fully saturated rings. The van der Waals surface area contributed by atoms with Crippen LogP contribution in [0.3, 0.4) is 0 Å². The predicted octanol–water partition coefficient (Wildman–Crippen LogP) is 1.14. The van der Waals surface area contributed by atoms with E-state index in [-0.39, 0.29) is 19.1 Å². The molecule has 0 unspecified atom stereocenters. The van der Waals surface area contributed by atoms with Crippen LogP contribution in [-0.2, 0) is 16.1 Å². The predicted molar refractivity (Wildman–Crippen MR) is 78.6 cm³/mol. The maximum absolute atomic E-state index is 11.9. The zero-order chi connectivity index (χ0) is 15.7. The van der Waals surface area contributed by atoms with Crippen LogP contribution in [-0.4, -0.2) is 48.2 Å². The van der Waals surface area contributed by atoms with Gasteiger partial charge in [-0.05, 0) is 18.9 Å². The largest absolute Gasteiger partial charge is 0.445 e. The fourth-order valence-electron chi connectivity index (χ4n) is 1.59. The highest BCUT2D eigenvalue weighted by Gasteiger charge is 2.23. The fraction of sp³-hybridized carbons (Fsp3) is 0.467. The number of aliphatic hydroxyl groups is 1. The Labute approximate surface area is 124 Å². The zero-order valence-corrected chi connectivity index (χ0v) is 12.4. The molecular formula is C15H22N2O4. The molecule has 0 saturated carbocycles. The van der Waals surface area contributed by atoms with Gasteiger partial charge in [0.2, 0.25) is 5.91 Å². The SMILES string of the molecule is C[C@@H](C(=O)NCCCO)N(C)C(=O)OCc1ccccc1. The van der Waals surface area contributed by atoms with Crippen molar-refractivity contribution >= 4 is 12.0 Å². The average Bonchev–Trinajstić information content (AvgIpc) is 2.52. The molecular weight excluding hydrogens is 272 g/mol. The molecule has 2 amide bonds. The van der Waals surface area contributed by atoms with Crippen LogP contribution in [0.1, 0.15) is 18.9 Å². The molecule has 0 aromatic heterocycles. The third-order valence-corrected chi connectivity index (χ3v) is 3.09. The van der Waals surface area contributed by atoms with Gasteiger partial charge >= 0.3 is 6.09 Å². The van der Waals surface area contributed by atoms with Gasteiger partial charge in [0.1, 0.15) is 12.6 Å². The van der Waals surface area contributed by atoms with E-state index in [1.807, 2.05) is 30.3 Å². The Morgan fingerprint density at radius 3 is 2.62 bits per heavy atom. The van der Waals surface area contributed by atoms with E-state index in [4.69, 9.17) is 9.84 Å². The zero-order valence-electron chi connectivity index (χ0n) is 12.4. The standard InChI is InChI=1S/C15H22N2O4/c1-12(14(19)16-9-6-10-18)17(2)15(20)21-11-13-7-4-3-5-8-13/h3-5,7-8,12,18H,6,9-11H2,1-2H3,(H,16,19)/t12-/m0/s1. The van der Waals surface area contributed by atoms with Crippen molar-refractivity contribution in [3.05, 3.63) is 35.9 Å². The minimum Gasteiger partial charge on any atom is -0.445 e. The summed E-state index contributed by atoms with van der Waals surface area (Å²) in [5.41, 5.74) is 0.888. The second kappa shape index (κ2) is 8.97. The van der Waals surface area contributed by atoms with Crippen LogP contribution in [0.2, 0.25) is 0 Å². The van der Waals surface area contributed by atoms with Crippen molar-refractivity contribution < 1.29 is 19.4 Å². The Hall–Kier alpha value is -2.08. The summed E-state index contributed by atoms with van der Waals surface area (Å²) < 4.78 is 5.15. The normalized spacial score (nSPS) is 11.6. The molecule has 0 aliphatic rings. The average molecular weight is 294 g/mol. The van der Waals surface area contributed by atoms with Crippen LogP contribution < -0.4 is 5.32 Å². The smallest absolute Gasteiger partial charge is 0.410 e. The van der Waals surface area contributed by atoms with Crippen LogP contribution in [0.4, 0.5) is 4.79 Å². The van der Waals surface area contributed by atoms with E-state index >= 15 is 0 Å². The van der Waals surface area contributed by atoms with Crippen LogP contribution >= 0.6 is 0 Å². The van der Waals surface area contributed by atoms with Crippen molar-refractivity contribution in [2.75, 3.05) is 20.2 Å². The maximum atomic E-state index is 11.9. The number of hydrogen-bond acceptors (Lipinski definition) is 4. The molecule has 21 heavy (non-hydrogen) atoms. The fourth-order valence-corrected chi connectivity index (χ4v) is 1.59. The molecule has 0 aliphatic carbocycles. The third kappa shape index (κ3) is 5.83. The Bertz CT molecular complexity index is 450. The molecule has 0 saturated heterocycles. The van der Waals surface area contributed by atoms with E-state index < -0.39 is 12.1 Å². The second-order valence-corrected chi connectivity index (χ2v) is 4.70. The molecule has 1 rings (SSSR count). The Kier molecular flexibility index (Phi) is 7.25. The summed E-state index contributed by atoms with van der Waals surface area (Å²) in [7, 11) is 1.52. The molecule has 6 nitrogen and oxygen atoms in total. The highest BCUT2D eigenvalue weighted by molar-refractivity contribution is 5.85. The summed E-state index contributed by atoms with van der Waals surface area (Å²) in [6.07, 6.45) is -0.0654. The molecule has 0 bridgehead atoms. The number of likely N-dealkylation sites (N-methyl/N-ethyl adjacent to an activating group) is 1. The molecule has 1 aromatic rings.